The molecule has 16 aromatic rings. The topological polar surface area (TPSA) is 393 Å². The summed E-state index contributed by atoms with van der Waals surface area (Å²) in [6.45, 7) is 11.6. The van der Waals surface area contributed by atoms with Crippen LogP contribution in [0, 0.1) is 34.6 Å². The molecule has 0 unspecified atom stereocenters. The van der Waals surface area contributed by atoms with E-state index in [0.29, 0.717) is 84.4 Å². The van der Waals surface area contributed by atoms with Gasteiger partial charge in [0.25, 0.3) is 0 Å². The molecule has 0 bridgehead atoms. The molecular weight excluding hydrogens is 2000 g/mol. The molecule has 1 aliphatic rings. The summed E-state index contributed by atoms with van der Waals surface area (Å²) in [6, 6.07) is 79.8. The summed E-state index contributed by atoms with van der Waals surface area (Å²) in [7, 11) is -14.1. The van der Waals surface area contributed by atoms with Gasteiger partial charge in [-0.25, -0.2) is 48.7 Å². The predicted octanol–water partition coefficient (Wildman–Crippen LogP) is 20.5. The average molecular weight is 2090 g/mol. The summed E-state index contributed by atoms with van der Waals surface area (Å²) in [6.07, 6.45) is -2.86. The zero-order valence-corrected chi connectivity index (χ0v) is 85.3. The van der Waals surface area contributed by atoms with Gasteiger partial charge < -0.3 is 34.3 Å². The number of carbonyl (C=O) groups excluding carboxylic acids is 2. The first-order chi connectivity index (χ1) is 67.1. The molecular formula is C104H89Cl3F6N10NaO15S4+. The second-order valence-electron chi connectivity index (χ2n) is 32.0. The molecule has 143 heavy (non-hydrogen) atoms. The van der Waals surface area contributed by atoms with Gasteiger partial charge in [-0.15, -0.1) is 6.54 Å². The molecule has 6 heterocycles. The first-order valence-electron chi connectivity index (χ1n) is 42.8. The number of rotatable bonds is 21. The van der Waals surface area contributed by atoms with Crippen LogP contribution in [0.4, 0.5) is 37.7 Å². The molecule has 7 N–H and O–H groups in total. The van der Waals surface area contributed by atoms with E-state index in [1.807, 2.05) is 163 Å². The minimum atomic E-state index is -4.46. The number of hydrogen-bond donors (Lipinski definition) is 5. The van der Waals surface area contributed by atoms with Crippen molar-refractivity contribution in [3.8, 4) is 84.1 Å². The van der Waals surface area contributed by atoms with Crippen molar-refractivity contribution in [1.82, 2.24) is 25.4 Å². The Bertz CT molecular complexity index is 7760. The Morgan fingerprint density at radius 1 is 0.503 bits per heavy atom. The van der Waals surface area contributed by atoms with E-state index in [1.165, 1.54) is 79.1 Å². The molecule has 0 radical (unpaired) electrons. The van der Waals surface area contributed by atoms with Gasteiger partial charge in [-0.1, -0.05) is 220 Å². The number of anilines is 2. The van der Waals surface area contributed by atoms with Gasteiger partial charge in [0.2, 0.25) is 31.4 Å². The number of halogens is 9. The number of amides is 1. The van der Waals surface area contributed by atoms with Crippen LogP contribution in [-0.4, -0.2) is 101 Å². The number of pyridine rings is 2. The molecule has 0 aliphatic carbocycles. The minimum absolute atomic E-state index is 0. The fourth-order valence-corrected chi connectivity index (χ4v) is 17.3. The Labute approximate surface area is 858 Å². The van der Waals surface area contributed by atoms with Crippen LogP contribution < -0.4 is 49.8 Å². The van der Waals surface area contributed by atoms with Gasteiger partial charge in [-0.2, -0.15) is 31.4 Å². The molecule has 732 valence electrons. The van der Waals surface area contributed by atoms with Crippen LogP contribution in [-0.2, 0) is 84.2 Å². The van der Waals surface area contributed by atoms with E-state index in [4.69, 9.17) is 64.0 Å². The smallest absolute Gasteiger partial charge is 0.650 e. The molecule has 11 aromatic carbocycles. The Balaban J connectivity index is 0.000000164. The van der Waals surface area contributed by atoms with Crippen LogP contribution in [0.5, 0.6) is 0 Å². The van der Waals surface area contributed by atoms with Crippen molar-refractivity contribution in [2.75, 3.05) is 24.4 Å². The first-order valence-corrected chi connectivity index (χ1v) is 50.8. The van der Waals surface area contributed by atoms with E-state index in [1.54, 1.807) is 89.9 Å². The predicted molar refractivity (Wildman–Crippen MR) is 534 cm³/mol. The van der Waals surface area contributed by atoms with E-state index >= 15 is 0 Å². The number of para-hydroxylation sites is 1. The molecule has 25 nitrogen and oxygen atoms in total. The van der Waals surface area contributed by atoms with Crippen molar-refractivity contribution in [3.05, 3.63) is 386 Å². The number of hydrogen-bond acceptors (Lipinski definition) is 19. The zero-order chi connectivity index (χ0) is 103. The number of aliphatic carboxylic acids is 1. The number of nitrogens with one attached hydrogen (secondary N) is 2. The van der Waals surface area contributed by atoms with E-state index in [2.05, 4.69) is 36.0 Å². The number of nitrogens with zero attached hydrogens (tertiary/aromatic N) is 6. The van der Waals surface area contributed by atoms with Gasteiger partial charge in [-0.3, -0.25) is 14.8 Å². The fraction of sp³-hybridized carbons (Fsp3) is 0.135. The van der Waals surface area contributed by atoms with Crippen LogP contribution in [0.1, 0.15) is 75.2 Å². The number of esters is 1. The summed E-state index contributed by atoms with van der Waals surface area (Å²) >= 11 is 18.3. The molecule has 0 fully saturated rings. The van der Waals surface area contributed by atoms with Crippen LogP contribution in [0.25, 0.3) is 101 Å². The number of aromatic amines is 1. The number of aryl methyl sites for hydroxylation is 5. The van der Waals surface area contributed by atoms with Gasteiger partial charge in [0, 0.05) is 87.9 Å². The third-order valence-electron chi connectivity index (χ3n) is 21.5. The van der Waals surface area contributed by atoms with Gasteiger partial charge in [0.1, 0.15) is 29.5 Å². The van der Waals surface area contributed by atoms with E-state index in [-0.39, 0.29) is 73.6 Å². The fourth-order valence-electron chi connectivity index (χ4n) is 14.4. The Morgan fingerprint density at radius 2 is 0.958 bits per heavy atom. The van der Waals surface area contributed by atoms with Gasteiger partial charge in [0.15, 0.2) is 19.7 Å². The number of primary sulfonamides is 2. The number of carboxylic acids is 1. The number of aromatic nitrogens is 6. The van der Waals surface area contributed by atoms with Crippen LogP contribution in [0.15, 0.2) is 332 Å². The normalized spacial score (nSPS) is 12.0. The molecule has 39 heteroatoms. The Hall–Kier alpha value is -13.5. The number of cyclic esters (lactones) is 1. The number of alkyl halides is 6. The van der Waals surface area contributed by atoms with Crippen LogP contribution in [0.2, 0.25) is 15.1 Å². The second-order valence-corrected chi connectivity index (χ2v) is 40.5. The number of benzene rings is 11. The number of carbonyl (C=O) groups is 3. The van der Waals surface area contributed by atoms with Gasteiger partial charge in [-0.05, 0) is 196 Å². The molecule has 1 amide bonds. The molecule has 0 saturated heterocycles. The summed E-state index contributed by atoms with van der Waals surface area (Å²) in [5, 5.41) is 39.2. The third-order valence-corrected chi connectivity index (χ3v) is 26.5. The monoisotopic (exact) mass is 2090 g/mol. The SMILES string of the molecule is CCC(=O)[N-]Cc1ccc(-c2c(-c3ccccc3)noc2C)cc1.CS(=O)(=O)c1ccc(C2=C(c3ccc(C(F)(F)F)cc3)C(=O)OC2)cc1.Cc1cc(-c2ccc(C(F)(F)F)cc2)[n+](-c2ccc(S(N)(=O)=O)cc2)[nH]1.Cc1ccc(-c2ncc(Cl)cc2-c2ccc(S(C)(=O)=O)cc2)cn1.Cc1ccc(Nc2c(Cl)cccc2Cl)c(CC(=O)O)c1.Cc1onc(-c2ccccc2)c1-c1ccc(S(N)(=O)=O)cc1.[Na+]. The summed E-state index contributed by atoms with van der Waals surface area (Å²) in [5.41, 5.74) is 18.0. The first kappa shape index (κ1) is 110. The number of H-pyrrole nitrogens is 1. The number of ether oxygens (including phenoxy) is 1. The second kappa shape index (κ2) is 47.6. The van der Waals surface area contributed by atoms with Crippen molar-refractivity contribution in [1.29, 1.82) is 0 Å². The molecule has 5 aromatic heterocycles. The zero-order valence-electron chi connectivity index (χ0n) is 77.7. The van der Waals surface area contributed by atoms with Crippen molar-refractivity contribution in [3.63, 3.8) is 0 Å². The molecule has 0 saturated carbocycles. The maximum atomic E-state index is 12.7. The standard InChI is InChI=1S/C20H20N2O2.C18H15ClN2O2S.C18H13F3O4S.C17H14F3N3O2S.C16H14N2O3S.C15H13Cl2NO2.Na/c1-3-18(23)21-13-15-9-11-16(12-10-15)19-14(2)24-22-20(19)17-7-5-4-6-8-17;1-12-3-4-14(10-20-12)18-17(9-15(19)11-21-18)13-5-7-16(8-6-13)24(2,22)23;1-26(23,24)14-8-4-11(5-9-14)15-10-25-17(22)16(15)12-2-6-13(7-3-12)18(19,20)21;1-11-10-16(12-2-4-13(5-3-12)17(18,19)20)23(22-11)14-6-8-15(9-7-14)26(21,24)25;1-11-15(12-7-9-14(10-8-12)22(17,19)20)16(18-21-11)13-5-3-2-4-6-13;1-9-5-6-13(10(7-9)8-14(19)20)18-15-11(16)3-2-4-12(15)17;/h4-12H,3,13H2,1-2H3,(H,21,23);3-11H,1-2H3;2-9H,10H2,1H3;2-10H,1H3,(H2,21,24,25);2-10H,1H3,(H2,17,19,20);2-7,18H,8H2,1H3,(H,19,20);/q;;;;;;+1. The molecule has 0 atom stereocenters. The number of sulfonamides is 2. The van der Waals surface area contributed by atoms with E-state index < -0.39 is 75.1 Å². The van der Waals surface area contributed by atoms with Crippen LogP contribution >= 0.6 is 34.8 Å². The summed E-state index contributed by atoms with van der Waals surface area (Å²) in [4.78, 5) is 43.5. The van der Waals surface area contributed by atoms with Crippen LogP contribution in [0.3, 0.4) is 0 Å². The molecule has 17 rings (SSSR count). The minimum Gasteiger partial charge on any atom is -0.650 e. The summed E-state index contributed by atoms with van der Waals surface area (Å²) < 4.78 is 185. The van der Waals surface area contributed by atoms with Gasteiger partial charge in [0.05, 0.1) is 91.9 Å². The number of sulfone groups is 2. The van der Waals surface area contributed by atoms with Crippen molar-refractivity contribution >= 4 is 115 Å². The number of nitrogens with two attached hydrogens (primary N) is 2. The van der Waals surface area contributed by atoms with E-state index in [0.717, 1.165) is 126 Å². The number of carboxylic acid groups (broad SMARTS) is 1. The molecule has 0 spiro atoms. The molecule has 1 aliphatic heterocycles. The van der Waals surface area contributed by atoms with Crippen molar-refractivity contribution in [2.24, 2.45) is 10.3 Å². The van der Waals surface area contributed by atoms with Crippen molar-refractivity contribution < 1.29 is 128 Å². The summed E-state index contributed by atoms with van der Waals surface area (Å²) in [5.74, 6) is -0.133. The van der Waals surface area contributed by atoms with Crippen molar-refractivity contribution in [2.45, 2.75) is 92.9 Å². The maximum Gasteiger partial charge on any atom is 1.00 e. The average Bonchev–Trinajstić information content (AvgIpc) is 1.80. The quantitative estimate of drug-likeness (QED) is 0.0193. The Morgan fingerprint density at radius 3 is 1.42 bits per heavy atom. The van der Waals surface area contributed by atoms with E-state index in [9.17, 15) is 74.4 Å². The Kier molecular flexibility index (Phi) is 36.5. The maximum absolute atomic E-state index is 12.7. The largest absolute Gasteiger partial charge is 1.00 e. The van der Waals surface area contributed by atoms with Gasteiger partial charge >= 0.3 is 53.8 Å². The third kappa shape index (κ3) is 29.4.